The summed E-state index contributed by atoms with van der Waals surface area (Å²) < 4.78 is 4.83. The molecule has 1 rings (SSSR count). The van der Waals surface area contributed by atoms with Crippen molar-refractivity contribution in [3.8, 4) is 0 Å². The fourth-order valence-electron chi connectivity index (χ4n) is 4.27. The summed E-state index contributed by atoms with van der Waals surface area (Å²) in [5.74, 6) is -2.49. The number of nitrogens with zero attached hydrogens (tertiary/aromatic N) is 2. The van der Waals surface area contributed by atoms with Gasteiger partial charge in [-0.25, -0.2) is 4.79 Å². The molecule has 0 radical (unpaired) electrons. The van der Waals surface area contributed by atoms with Crippen LogP contribution < -0.4 is 27.1 Å². The zero-order valence-electron chi connectivity index (χ0n) is 23.6. The van der Waals surface area contributed by atoms with Crippen LogP contribution in [0, 0.1) is 11.8 Å². The molecule has 4 atom stereocenters. The minimum absolute atomic E-state index is 0.00432. The van der Waals surface area contributed by atoms with E-state index in [4.69, 9.17) is 10.5 Å². The molecule has 0 saturated carbocycles. The van der Waals surface area contributed by atoms with Crippen molar-refractivity contribution in [3.05, 3.63) is 0 Å². The number of amides is 4. The van der Waals surface area contributed by atoms with E-state index in [2.05, 4.69) is 38.7 Å². The third kappa shape index (κ3) is 11.5. The molecule has 0 aliphatic carbocycles. The lowest BCUT2D eigenvalue weighted by Crippen LogP contribution is -2.58. The van der Waals surface area contributed by atoms with Crippen LogP contribution in [0.4, 0.5) is 0 Å². The Bertz CT molecular complexity index is 927. The Morgan fingerprint density at radius 2 is 1.77 bits per heavy atom. The summed E-state index contributed by atoms with van der Waals surface area (Å²) in [5.41, 5.74) is 7.71. The SMILES string of the molecule is COC(=O)C(CC(C)C)NC(=O)[C@@H]1CCCN1C(=O)C(NC(=O)C(CC/C=N\NC(N)=S)NC(C)=O)C(C)C. The third-order valence-corrected chi connectivity index (χ3v) is 6.21. The van der Waals surface area contributed by atoms with Crippen molar-refractivity contribution in [2.45, 2.75) is 90.9 Å². The van der Waals surface area contributed by atoms with E-state index in [0.717, 1.165) is 0 Å². The number of likely N-dealkylation sites (tertiary alicyclic amines) is 1. The largest absolute Gasteiger partial charge is 0.467 e. The molecule has 1 aliphatic rings. The van der Waals surface area contributed by atoms with E-state index < -0.39 is 53.8 Å². The highest BCUT2D eigenvalue weighted by atomic mass is 32.1. The number of ether oxygens (including phenoxy) is 1. The number of esters is 1. The molecule has 0 aromatic heterocycles. The van der Waals surface area contributed by atoms with E-state index in [1.165, 1.54) is 25.1 Å². The molecule has 1 heterocycles. The maximum atomic E-state index is 13.6. The van der Waals surface area contributed by atoms with Gasteiger partial charge in [-0.05, 0) is 56.2 Å². The van der Waals surface area contributed by atoms with Crippen molar-refractivity contribution in [1.29, 1.82) is 0 Å². The maximum absolute atomic E-state index is 13.6. The summed E-state index contributed by atoms with van der Waals surface area (Å²) >= 11 is 4.67. The number of hydrazone groups is 1. The Kier molecular flexibility index (Phi) is 14.4. The van der Waals surface area contributed by atoms with Gasteiger partial charge in [0.25, 0.3) is 0 Å². The molecule has 13 nitrogen and oxygen atoms in total. The Balaban J connectivity index is 2.98. The number of methoxy groups -OCH3 is 1. The van der Waals surface area contributed by atoms with E-state index in [9.17, 15) is 24.0 Å². The number of hydrogen-bond donors (Lipinski definition) is 5. The molecule has 14 heteroatoms. The summed E-state index contributed by atoms with van der Waals surface area (Å²) in [4.78, 5) is 65.2. The number of rotatable bonds is 14. The van der Waals surface area contributed by atoms with Gasteiger partial charge in [-0.15, -0.1) is 0 Å². The first-order valence-corrected chi connectivity index (χ1v) is 13.5. The highest BCUT2D eigenvalue weighted by Gasteiger charge is 2.40. The lowest BCUT2D eigenvalue weighted by molar-refractivity contribution is -0.147. The number of nitrogens with two attached hydrogens (primary N) is 1. The molecule has 1 saturated heterocycles. The first kappa shape index (κ1) is 33.7. The van der Waals surface area contributed by atoms with Gasteiger partial charge in [-0.1, -0.05) is 27.7 Å². The van der Waals surface area contributed by atoms with Crippen LogP contribution in [-0.2, 0) is 28.7 Å². The number of nitrogens with one attached hydrogen (secondary N) is 4. The minimum Gasteiger partial charge on any atom is -0.467 e. The first-order valence-electron chi connectivity index (χ1n) is 13.1. The molecule has 1 fully saturated rings. The summed E-state index contributed by atoms with van der Waals surface area (Å²) in [7, 11) is 1.26. The monoisotopic (exact) mass is 569 g/mol. The number of carbonyl (C=O) groups is 5. The molecule has 39 heavy (non-hydrogen) atoms. The predicted octanol–water partition coefficient (Wildman–Crippen LogP) is -0.0740. The molecule has 6 N–H and O–H groups in total. The van der Waals surface area contributed by atoms with Crippen molar-refractivity contribution in [2.24, 2.45) is 22.7 Å². The predicted molar refractivity (Wildman–Crippen MR) is 150 cm³/mol. The zero-order valence-corrected chi connectivity index (χ0v) is 24.4. The number of hydrogen-bond acceptors (Lipinski definition) is 8. The van der Waals surface area contributed by atoms with Gasteiger partial charge in [0.2, 0.25) is 23.6 Å². The second-order valence-corrected chi connectivity index (χ2v) is 10.7. The molecule has 0 spiro atoms. The van der Waals surface area contributed by atoms with E-state index in [0.29, 0.717) is 32.2 Å². The zero-order chi connectivity index (χ0) is 29.7. The summed E-state index contributed by atoms with van der Waals surface area (Å²) in [6, 6.07) is -3.45. The van der Waals surface area contributed by atoms with Gasteiger partial charge < -0.3 is 31.3 Å². The Labute approximate surface area is 235 Å². The van der Waals surface area contributed by atoms with Crippen molar-refractivity contribution in [2.75, 3.05) is 13.7 Å². The van der Waals surface area contributed by atoms with Gasteiger partial charge in [-0.3, -0.25) is 24.6 Å². The highest BCUT2D eigenvalue weighted by Crippen LogP contribution is 2.21. The van der Waals surface area contributed by atoms with Crippen molar-refractivity contribution >= 4 is 53.1 Å². The van der Waals surface area contributed by atoms with Gasteiger partial charge in [0.15, 0.2) is 5.11 Å². The summed E-state index contributed by atoms with van der Waals surface area (Å²) in [6.07, 6.45) is 3.44. The molecule has 220 valence electrons. The van der Waals surface area contributed by atoms with Crippen molar-refractivity contribution in [3.63, 3.8) is 0 Å². The standard InChI is InChI=1S/C25H43N7O6S/c1-14(2)13-18(24(37)38-6)29-22(35)19-10-8-12-32(19)23(36)20(15(3)4)30-21(34)17(28-16(5)33)9-7-11-27-31-25(26)39/h11,14-15,17-20H,7-10,12-13H2,1-6H3,(H,28,33)(H,29,35)(H,30,34)(H3,26,31,39)/b27-11-/t17?,18?,19-,20?/m0/s1. The maximum Gasteiger partial charge on any atom is 0.328 e. The van der Waals surface area contributed by atoms with Crippen LogP contribution in [-0.4, -0.2) is 83.6 Å². The van der Waals surface area contributed by atoms with Crippen LogP contribution in [0.2, 0.25) is 0 Å². The topological polar surface area (TPSA) is 184 Å². The molecular weight excluding hydrogens is 526 g/mol. The second kappa shape index (κ2) is 16.6. The van der Waals surface area contributed by atoms with Gasteiger partial charge >= 0.3 is 5.97 Å². The van der Waals surface area contributed by atoms with Crippen LogP contribution in [0.25, 0.3) is 0 Å². The van der Waals surface area contributed by atoms with Crippen LogP contribution >= 0.6 is 12.2 Å². The Hall–Kier alpha value is -3.29. The third-order valence-electron chi connectivity index (χ3n) is 6.12. The summed E-state index contributed by atoms with van der Waals surface area (Å²) in [5, 5.41) is 11.9. The normalized spacial score (nSPS) is 17.4. The number of carbonyl (C=O) groups excluding carboxylic acids is 5. The molecule has 0 aromatic rings. The average Bonchev–Trinajstić information content (AvgIpc) is 3.34. The van der Waals surface area contributed by atoms with Gasteiger partial charge in [0.1, 0.15) is 24.2 Å². The van der Waals surface area contributed by atoms with Crippen LogP contribution in [0.3, 0.4) is 0 Å². The van der Waals surface area contributed by atoms with E-state index in [1.807, 2.05) is 13.8 Å². The molecule has 0 aromatic carbocycles. The molecular formula is C25H43N7O6S. The lowest BCUT2D eigenvalue weighted by atomic mass is 10.0. The van der Waals surface area contributed by atoms with Crippen LogP contribution in [0.1, 0.15) is 66.7 Å². The van der Waals surface area contributed by atoms with Gasteiger partial charge in [0, 0.05) is 19.7 Å². The van der Waals surface area contributed by atoms with E-state index >= 15 is 0 Å². The molecule has 3 unspecified atom stereocenters. The van der Waals surface area contributed by atoms with Crippen LogP contribution in [0.5, 0.6) is 0 Å². The van der Waals surface area contributed by atoms with E-state index in [-0.39, 0.29) is 23.4 Å². The van der Waals surface area contributed by atoms with Gasteiger partial charge in [-0.2, -0.15) is 5.10 Å². The smallest absolute Gasteiger partial charge is 0.328 e. The first-order chi connectivity index (χ1) is 18.3. The fourth-order valence-corrected chi connectivity index (χ4v) is 4.33. The quantitative estimate of drug-likeness (QED) is 0.0826. The molecule has 1 aliphatic heterocycles. The number of thiocarbonyl (C=S) groups is 1. The minimum atomic E-state index is -0.931. The lowest BCUT2D eigenvalue weighted by Gasteiger charge is -2.32. The Morgan fingerprint density at radius 3 is 2.31 bits per heavy atom. The van der Waals surface area contributed by atoms with Gasteiger partial charge in [0.05, 0.1) is 7.11 Å². The highest BCUT2D eigenvalue weighted by molar-refractivity contribution is 7.80. The fraction of sp³-hybridized carbons (Fsp3) is 0.720. The van der Waals surface area contributed by atoms with Crippen molar-refractivity contribution in [1.82, 2.24) is 26.3 Å². The second-order valence-electron chi connectivity index (χ2n) is 10.3. The Morgan fingerprint density at radius 1 is 1.10 bits per heavy atom. The van der Waals surface area contributed by atoms with Crippen molar-refractivity contribution < 1.29 is 28.7 Å². The average molecular weight is 570 g/mol. The molecule has 4 amide bonds. The van der Waals surface area contributed by atoms with E-state index in [1.54, 1.807) is 13.8 Å². The molecule has 0 bridgehead atoms. The van der Waals surface area contributed by atoms with Crippen LogP contribution in [0.15, 0.2) is 5.10 Å². The summed E-state index contributed by atoms with van der Waals surface area (Å²) in [6.45, 7) is 9.05.